The number of likely N-dealkylation sites (tertiary alicyclic amines) is 1. The molecule has 0 aromatic carbocycles. The summed E-state index contributed by atoms with van der Waals surface area (Å²) in [5.74, 6) is 0.331. The average Bonchev–Trinajstić information content (AvgIpc) is 2.31. The molecule has 0 unspecified atom stereocenters. The molecule has 1 fully saturated rings. The van der Waals surface area contributed by atoms with Crippen molar-refractivity contribution in [2.75, 3.05) is 6.54 Å². The molecule has 0 radical (unpaired) electrons. The monoisotopic (exact) mass is 169 g/mol. The van der Waals surface area contributed by atoms with Crippen molar-refractivity contribution >= 4 is 5.91 Å². The quantitative estimate of drug-likeness (QED) is 0.588. The highest BCUT2D eigenvalue weighted by molar-refractivity contribution is 5.78. The lowest BCUT2D eigenvalue weighted by Crippen LogP contribution is -2.42. The van der Waals surface area contributed by atoms with Crippen LogP contribution in [-0.2, 0) is 4.79 Å². The molecule has 12 heavy (non-hydrogen) atoms. The van der Waals surface area contributed by atoms with Crippen molar-refractivity contribution in [2.24, 2.45) is 5.41 Å². The third-order valence-corrected chi connectivity index (χ3v) is 2.83. The van der Waals surface area contributed by atoms with Gasteiger partial charge in [0.25, 0.3) is 0 Å². The van der Waals surface area contributed by atoms with Gasteiger partial charge in [0.1, 0.15) is 0 Å². The standard InChI is InChI=1S/C10H19NO/c1-8(10(2,3)4)11-7-5-6-9(11)12/h8H,5-7H2,1-4H3/t8-/m0/s1. The maximum atomic E-state index is 11.4. The van der Waals surface area contributed by atoms with Crippen molar-refractivity contribution in [1.82, 2.24) is 4.90 Å². The Balaban J connectivity index is 2.63. The summed E-state index contributed by atoms with van der Waals surface area (Å²) in [5.41, 5.74) is 0.208. The van der Waals surface area contributed by atoms with Crippen molar-refractivity contribution < 1.29 is 4.79 Å². The minimum absolute atomic E-state index is 0.208. The predicted octanol–water partition coefficient (Wildman–Crippen LogP) is 2.04. The third kappa shape index (κ3) is 1.79. The molecule has 0 N–H and O–H groups in total. The van der Waals surface area contributed by atoms with Crippen molar-refractivity contribution in [1.29, 1.82) is 0 Å². The van der Waals surface area contributed by atoms with Gasteiger partial charge in [0.2, 0.25) is 5.91 Å². The van der Waals surface area contributed by atoms with Crippen LogP contribution in [0.15, 0.2) is 0 Å². The van der Waals surface area contributed by atoms with E-state index in [-0.39, 0.29) is 5.41 Å². The average molecular weight is 169 g/mol. The number of carbonyl (C=O) groups excluding carboxylic acids is 1. The van der Waals surface area contributed by atoms with Crippen LogP contribution in [-0.4, -0.2) is 23.4 Å². The second-order valence-electron chi connectivity index (χ2n) is 4.73. The molecule has 0 spiro atoms. The number of amides is 1. The lowest BCUT2D eigenvalue weighted by atomic mass is 9.87. The summed E-state index contributed by atoms with van der Waals surface area (Å²) >= 11 is 0. The van der Waals surface area contributed by atoms with Crippen LogP contribution < -0.4 is 0 Å². The van der Waals surface area contributed by atoms with Gasteiger partial charge < -0.3 is 4.90 Å². The van der Waals surface area contributed by atoms with E-state index in [2.05, 4.69) is 27.7 Å². The summed E-state index contributed by atoms with van der Waals surface area (Å²) < 4.78 is 0. The SMILES string of the molecule is C[C@H](N1CCCC1=O)C(C)(C)C. The molecule has 0 bridgehead atoms. The van der Waals surface area contributed by atoms with Crippen LogP contribution in [0, 0.1) is 5.41 Å². The smallest absolute Gasteiger partial charge is 0.222 e. The molecule has 1 aliphatic heterocycles. The molecule has 2 nitrogen and oxygen atoms in total. The Hall–Kier alpha value is -0.530. The molecule has 1 amide bonds. The minimum atomic E-state index is 0.208. The zero-order valence-corrected chi connectivity index (χ0v) is 8.55. The predicted molar refractivity (Wildman–Crippen MR) is 49.9 cm³/mol. The van der Waals surface area contributed by atoms with Gasteiger partial charge in [-0.15, -0.1) is 0 Å². The molecular formula is C10H19NO. The minimum Gasteiger partial charge on any atom is -0.339 e. The Morgan fingerprint density at radius 1 is 1.42 bits per heavy atom. The highest BCUT2D eigenvalue weighted by atomic mass is 16.2. The summed E-state index contributed by atoms with van der Waals surface area (Å²) in [6.07, 6.45) is 1.79. The van der Waals surface area contributed by atoms with Crippen LogP contribution in [0.2, 0.25) is 0 Å². The van der Waals surface area contributed by atoms with Gasteiger partial charge in [-0.3, -0.25) is 4.79 Å². The van der Waals surface area contributed by atoms with E-state index in [9.17, 15) is 4.79 Å². The van der Waals surface area contributed by atoms with Gasteiger partial charge in [-0.2, -0.15) is 0 Å². The number of nitrogens with zero attached hydrogens (tertiary/aromatic N) is 1. The van der Waals surface area contributed by atoms with E-state index in [4.69, 9.17) is 0 Å². The molecule has 1 atom stereocenters. The second-order valence-corrected chi connectivity index (χ2v) is 4.73. The number of carbonyl (C=O) groups is 1. The molecule has 0 saturated carbocycles. The van der Waals surface area contributed by atoms with E-state index in [1.807, 2.05) is 4.90 Å². The molecule has 0 aliphatic carbocycles. The fourth-order valence-corrected chi connectivity index (χ4v) is 1.55. The van der Waals surface area contributed by atoms with E-state index < -0.39 is 0 Å². The summed E-state index contributed by atoms with van der Waals surface area (Å²) in [6, 6.07) is 0.368. The zero-order valence-electron chi connectivity index (χ0n) is 8.55. The van der Waals surface area contributed by atoms with Gasteiger partial charge in [-0.25, -0.2) is 0 Å². The molecule has 70 valence electrons. The topological polar surface area (TPSA) is 20.3 Å². The highest BCUT2D eigenvalue weighted by Gasteiger charge is 2.31. The van der Waals surface area contributed by atoms with Gasteiger partial charge in [0, 0.05) is 19.0 Å². The molecule has 2 heteroatoms. The molecule has 1 saturated heterocycles. The Morgan fingerprint density at radius 3 is 2.33 bits per heavy atom. The van der Waals surface area contributed by atoms with E-state index in [0.29, 0.717) is 11.9 Å². The van der Waals surface area contributed by atoms with E-state index in [1.165, 1.54) is 0 Å². The molecule has 0 aromatic heterocycles. The summed E-state index contributed by atoms with van der Waals surface area (Å²) in [5, 5.41) is 0. The molecule has 1 heterocycles. The van der Waals surface area contributed by atoms with Crippen LogP contribution in [0.3, 0.4) is 0 Å². The zero-order chi connectivity index (χ0) is 9.35. The first-order valence-electron chi connectivity index (χ1n) is 4.72. The first-order valence-corrected chi connectivity index (χ1v) is 4.72. The van der Waals surface area contributed by atoms with E-state index in [0.717, 1.165) is 19.4 Å². The van der Waals surface area contributed by atoms with Crippen molar-refractivity contribution in [2.45, 2.75) is 46.6 Å². The summed E-state index contributed by atoms with van der Waals surface area (Å²) in [4.78, 5) is 13.4. The maximum Gasteiger partial charge on any atom is 0.222 e. The lowest BCUT2D eigenvalue weighted by molar-refractivity contribution is -0.131. The fourth-order valence-electron chi connectivity index (χ4n) is 1.55. The van der Waals surface area contributed by atoms with Crippen LogP contribution in [0.25, 0.3) is 0 Å². The first kappa shape index (κ1) is 9.56. The summed E-state index contributed by atoms with van der Waals surface area (Å²) in [6.45, 7) is 9.65. The molecule has 1 rings (SSSR count). The van der Waals surface area contributed by atoms with Crippen LogP contribution in [0.4, 0.5) is 0 Å². The van der Waals surface area contributed by atoms with E-state index in [1.54, 1.807) is 0 Å². The van der Waals surface area contributed by atoms with Crippen LogP contribution in [0.5, 0.6) is 0 Å². The maximum absolute atomic E-state index is 11.4. The molecular weight excluding hydrogens is 150 g/mol. The normalized spacial score (nSPS) is 21.7. The highest BCUT2D eigenvalue weighted by Crippen LogP contribution is 2.27. The molecule has 1 aliphatic rings. The van der Waals surface area contributed by atoms with Gasteiger partial charge in [0.15, 0.2) is 0 Å². The number of hydrogen-bond donors (Lipinski definition) is 0. The third-order valence-electron chi connectivity index (χ3n) is 2.83. The second kappa shape index (κ2) is 3.08. The van der Waals surface area contributed by atoms with Gasteiger partial charge in [0.05, 0.1) is 0 Å². The Bertz CT molecular complexity index is 181. The summed E-state index contributed by atoms with van der Waals surface area (Å²) in [7, 11) is 0. The largest absolute Gasteiger partial charge is 0.339 e. The fraction of sp³-hybridized carbons (Fsp3) is 0.900. The van der Waals surface area contributed by atoms with Gasteiger partial charge in [-0.05, 0) is 18.8 Å². The number of rotatable bonds is 1. The Kier molecular flexibility index (Phi) is 2.45. The van der Waals surface area contributed by atoms with Crippen molar-refractivity contribution in [3.63, 3.8) is 0 Å². The van der Waals surface area contributed by atoms with Crippen molar-refractivity contribution in [3.8, 4) is 0 Å². The Labute approximate surface area is 74.9 Å². The van der Waals surface area contributed by atoms with Crippen LogP contribution >= 0.6 is 0 Å². The van der Waals surface area contributed by atoms with Gasteiger partial charge in [-0.1, -0.05) is 20.8 Å². The van der Waals surface area contributed by atoms with Crippen LogP contribution in [0.1, 0.15) is 40.5 Å². The van der Waals surface area contributed by atoms with Crippen molar-refractivity contribution in [3.05, 3.63) is 0 Å². The Morgan fingerprint density at radius 2 is 2.00 bits per heavy atom. The van der Waals surface area contributed by atoms with Gasteiger partial charge >= 0.3 is 0 Å². The molecule has 0 aromatic rings. The first-order chi connectivity index (χ1) is 5.43. The lowest BCUT2D eigenvalue weighted by Gasteiger charge is -2.35. The number of hydrogen-bond acceptors (Lipinski definition) is 1. The van der Waals surface area contributed by atoms with E-state index >= 15 is 0 Å².